The number of carbonyl (C=O) groups excluding carboxylic acids is 1. The fraction of sp³-hybridized carbons (Fsp3) is 0.500. The van der Waals surface area contributed by atoms with Gasteiger partial charge in [0.05, 0.1) is 16.2 Å². The molecule has 0 aliphatic carbocycles. The van der Waals surface area contributed by atoms with Crippen LogP contribution in [0.1, 0.15) is 30.1 Å². The Bertz CT molecular complexity index is 459. The summed E-state index contributed by atoms with van der Waals surface area (Å²) in [5, 5.41) is 3.11. The number of nitrogen functional groups attached to an aromatic ring is 1. The van der Waals surface area contributed by atoms with Crippen molar-refractivity contribution in [3.63, 3.8) is 0 Å². The van der Waals surface area contributed by atoms with Crippen molar-refractivity contribution in [2.24, 2.45) is 0 Å². The highest BCUT2D eigenvalue weighted by Crippen LogP contribution is 2.24. The second kappa shape index (κ2) is 5.12. The van der Waals surface area contributed by atoms with Crippen LogP contribution in [0.2, 0.25) is 5.02 Å². The van der Waals surface area contributed by atoms with Crippen molar-refractivity contribution in [1.29, 1.82) is 0 Å². The van der Waals surface area contributed by atoms with Crippen LogP contribution in [-0.4, -0.2) is 29.6 Å². The van der Waals surface area contributed by atoms with Gasteiger partial charge in [0.15, 0.2) is 0 Å². The molecule has 0 aromatic carbocycles. The highest BCUT2D eigenvalue weighted by Gasteiger charge is 2.30. The summed E-state index contributed by atoms with van der Waals surface area (Å²) in [7, 11) is 0. The molecule has 2 heterocycles. The average molecular weight is 270 g/mol. The molecule has 18 heavy (non-hydrogen) atoms. The third-order valence-electron chi connectivity index (χ3n) is 3.06. The minimum atomic E-state index is -0.263. The lowest BCUT2D eigenvalue weighted by Crippen LogP contribution is -2.40. The van der Waals surface area contributed by atoms with Crippen LogP contribution in [0.25, 0.3) is 0 Å². The van der Waals surface area contributed by atoms with Crippen LogP contribution in [0.3, 0.4) is 0 Å². The zero-order valence-corrected chi connectivity index (χ0v) is 11.0. The number of nitrogens with one attached hydrogen (secondary N) is 1. The minimum Gasteiger partial charge on any atom is -0.382 e. The van der Waals surface area contributed by atoms with Crippen molar-refractivity contribution in [3.8, 4) is 0 Å². The third-order valence-corrected chi connectivity index (χ3v) is 3.36. The summed E-state index contributed by atoms with van der Waals surface area (Å²) in [5.74, 6) is 0.000398. The smallest absolute Gasteiger partial charge is 0.253 e. The van der Waals surface area contributed by atoms with Crippen LogP contribution in [0.5, 0.6) is 0 Å². The fourth-order valence-electron chi connectivity index (χ4n) is 1.92. The molecule has 2 rings (SSSR count). The van der Waals surface area contributed by atoms with Crippen molar-refractivity contribution in [2.45, 2.75) is 25.4 Å². The summed E-state index contributed by atoms with van der Waals surface area (Å²) in [4.78, 5) is 15.8. The number of carbonyl (C=O) groups is 1. The second-order valence-electron chi connectivity index (χ2n) is 4.68. The number of nitrogens with zero attached hydrogens (tertiary/aromatic N) is 1. The van der Waals surface area contributed by atoms with E-state index < -0.39 is 0 Å². The Morgan fingerprint density at radius 3 is 3.11 bits per heavy atom. The maximum absolute atomic E-state index is 11.9. The number of nitrogens with two attached hydrogens (primary N) is 1. The van der Waals surface area contributed by atoms with E-state index in [0.29, 0.717) is 12.1 Å². The van der Waals surface area contributed by atoms with E-state index in [2.05, 4.69) is 10.3 Å². The number of ether oxygens (including phenoxy) is 1. The van der Waals surface area contributed by atoms with E-state index in [-0.39, 0.29) is 22.3 Å². The number of hydrogen-bond donors (Lipinski definition) is 2. The average Bonchev–Trinajstić information content (AvgIpc) is 2.77. The van der Waals surface area contributed by atoms with E-state index in [9.17, 15) is 4.79 Å². The molecular formula is C12H16ClN3O2. The van der Waals surface area contributed by atoms with Crippen LogP contribution in [0.15, 0.2) is 12.3 Å². The van der Waals surface area contributed by atoms with Gasteiger partial charge in [0.25, 0.3) is 5.91 Å². The lowest BCUT2D eigenvalue weighted by atomic mass is 10.0. The van der Waals surface area contributed by atoms with Crippen LogP contribution in [0.4, 0.5) is 5.82 Å². The number of hydrogen-bond acceptors (Lipinski definition) is 4. The topological polar surface area (TPSA) is 77.2 Å². The highest BCUT2D eigenvalue weighted by atomic mass is 35.5. The molecule has 5 nitrogen and oxygen atoms in total. The van der Waals surface area contributed by atoms with Gasteiger partial charge in [-0.15, -0.1) is 0 Å². The van der Waals surface area contributed by atoms with Gasteiger partial charge >= 0.3 is 0 Å². The van der Waals surface area contributed by atoms with Gasteiger partial charge in [0.1, 0.15) is 5.82 Å². The normalized spacial score (nSPS) is 23.0. The minimum absolute atomic E-state index is 0.221. The van der Waals surface area contributed by atoms with Gasteiger partial charge < -0.3 is 15.8 Å². The van der Waals surface area contributed by atoms with E-state index >= 15 is 0 Å². The molecule has 1 aliphatic rings. The zero-order chi connectivity index (χ0) is 13.2. The van der Waals surface area contributed by atoms with E-state index in [1.165, 1.54) is 12.3 Å². The number of rotatable bonds is 3. The summed E-state index contributed by atoms with van der Waals surface area (Å²) in [6.07, 6.45) is 3.39. The molecule has 0 saturated carbocycles. The highest BCUT2D eigenvalue weighted by molar-refractivity contribution is 6.33. The molecular weight excluding hydrogens is 254 g/mol. The lowest BCUT2D eigenvalue weighted by Gasteiger charge is -2.23. The van der Waals surface area contributed by atoms with Crippen molar-refractivity contribution < 1.29 is 9.53 Å². The third kappa shape index (κ3) is 2.91. The molecule has 1 unspecified atom stereocenters. The molecule has 1 saturated heterocycles. The lowest BCUT2D eigenvalue weighted by molar-refractivity contribution is 0.0206. The first-order chi connectivity index (χ1) is 8.50. The Morgan fingerprint density at radius 2 is 2.50 bits per heavy atom. The maximum Gasteiger partial charge on any atom is 0.253 e. The summed E-state index contributed by atoms with van der Waals surface area (Å²) in [5.41, 5.74) is 5.62. The molecule has 6 heteroatoms. The van der Waals surface area contributed by atoms with Gasteiger partial charge in [0.2, 0.25) is 0 Å². The number of aromatic nitrogens is 1. The van der Waals surface area contributed by atoms with Crippen molar-refractivity contribution in [2.75, 3.05) is 18.9 Å². The monoisotopic (exact) mass is 269 g/mol. The first-order valence-corrected chi connectivity index (χ1v) is 6.21. The summed E-state index contributed by atoms with van der Waals surface area (Å²) in [6.45, 7) is 3.23. The van der Waals surface area contributed by atoms with E-state index in [1.807, 2.05) is 6.92 Å². The number of halogens is 1. The number of amides is 1. The Balaban J connectivity index is 1.97. The summed E-state index contributed by atoms with van der Waals surface area (Å²) < 4.78 is 5.59. The zero-order valence-electron chi connectivity index (χ0n) is 10.2. The van der Waals surface area contributed by atoms with Gasteiger partial charge in [-0.2, -0.15) is 0 Å². The van der Waals surface area contributed by atoms with Gasteiger partial charge in [-0.3, -0.25) is 4.79 Å². The Hall–Kier alpha value is -1.33. The van der Waals surface area contributed by atoms with E-state index in [1.54, 1.807) is 0 Å². The molecule has 1 atom stereocenters. The van der Waals surface area contributed by atoms with Gasteiger partial charge in [-0.05, 0) is 25.8 Å². The quantitative estimate of drug-likeness (QED) is 0.874. The van der Waals surface area contributed by atoms with Crippen molar-refractivity contribution in [1.82, 2.24) is 10.3 Å². The van der Waals surface area contributed by atoms with Crippen LogP contribution >= 0.6 is 11.6 Å². The molecule has 0 bridgehead atoms. The van der Waals surface area contributed by atoms with Crippen LogP contribution in [-0.2, 0) is 4.74 Å². The molecule has 0 radical (unpaired) electrons. The second-order valence-corrected chi connectivity index (χ2v) is 5.08. The molecule has 1 aromatic heterocycles. The van der Waals surface area contributed by atoms with E-state index in [0.717, 1.165) is 19.4 Å². The standard InChI is InChI=1S/C12H16ClN3O2/c1-12(3-2-4-18-12)7-16-11(17)8-5-9(13)10(14)15-6-8/h5-6H,2-4,7H2,1H3,(H2,14,15)(H,16,17). The molecule has 1 aromatic rings. The SMILES string of the molecule is CC1(CNC(=O)c2cnc(N)c(Cl)c2)CCCO1. The largest absolute Gasteiger partial charge is 0.382 e. The molecule has 1 amide bonds. The summed E-state index contributed by atoms with van der Waals surface area (Å²) >= 11 is 5.82. The molecule has 1 aliphatic heterocycles. The van der Waals surface area contributed by atoms with E-state index in [4.69, 9.17) is 22.1 Å². The Morgan fingerprint density at radius 1 is 1.72 bits per heavy atom. The first-order valence-electron chi connectivity index (χ1n) is 5.83. The molecule has 3 N–H and O–H groups in total. The fourth-order valence-corrected chi connectivity index (χ4v) is 2.08. The number of pyridine rings is 1. The van der Waals surface area contributed by atoms with Gasteiger partial charge in [-0.25, -0.2) is 4.98 Å². The van der Waals surface area contributed by atoms with Gasteiger partial charge in [-0.1, -0.05) is 11.6 Å². The Kier molecular flexibility index (Phi) is 3.73. The predicted molar refractivity (Wildman–Crippen MR) is 69.6 cm³/mol. The number of anilines is 1. The molecule has 1 fully saturated rings. The predicted octanol–water partition coefficient (Wildman–Crippen LogP) is 1.62. The van der Waals surface area contributed by atoms with Crippen LogP contribution < -0.4 is 11.1 Å². The van der Waals surface area contributed by atoms with Crippen molar-refractivity contribution in [3.05, 3.63) is 22.8 Å². The van der Waals surface area contributed by atoms with Crippen molar-refractivity contribution >= 4 is 23.3 Å². The Labute approximate surface area is 111 Å². The molecule has 0 spiro atoms. The first kappa shape index (κ1) is 13.1. The summed E-state index contributed by atoms with van der Waals surface area (Å²) in [6, 6.07) is 1.51. The van der Waals surface area contributed by atoms with Gasteiger partial charge in [0, 0.05) is 19.3 Å². The van der Waals surface area contributed by atoms with Crippen LogP contribution in [0, 0.1) is 0 Å². The molecule has 98 valence electrons. The maximum atomic E-state index is 11.9.